The van der Waals surface area contributed by atoms with E-state index < -0.39 is 17.9 Å². The van der Waals surface area contributed by atoms with E-state index in [9.17, 15) is 14.0 Å². The predicted octanol–water partition coefficient (Wildman–Crippen LogP) is 1.90. The first-order valence-electron chi connectivity index (χ1n) is 5.90. The van der Waals surface area contributed by atoms with Gasteiger partial charge in [0.15, 0.2) is 0 Å². The van der Waals surface area contributed by atoms with Crippen molar-refractivity contribution in [3.8, 4) is 0 Å². The number of carboxylic acid groups (broad SMARTS) is 1. The zero-order valence-corrected chi connectivity index (χ0v) is 10.4. The van der Waals surface area contributed by atoms with Crippen molar-refractivity contribution in [2.75, 3.05) is 0 Å². The van der Waals surface area contributed by atoms with Gasteiger partial charge in [0.1, 0.15) is 11.9 Å². The summed E-state index contributed by atoms with van der Waals surface area (Å²) in [4.78, 5) is 22.6. The molecule has 0 aliphatic rings. The highest BCUT2D eigenvalue weighted by atomic mass is 19.1. The zero-order chi connectivity index (χ0) is 14.3. The Morgan fingerprint density at radius 2 is 2.00 bits per heavy atom. The van der Waals surface area contributed by atoms with E-state index in [-0.39, 0.29) is 12.2 Å². The lowest BCUT2D eigenvalue weighted by Gasteiger charge is -2.13. The van der Waals surface area contributed by atoms with E-state index in [2.05, 4.69) is 11.9 Å². The average Bonchev–Trinajstić information content (AvgIpc) is 2.37. The molecular formula is C14H16FNO3. The zero-order valence-electron chi connectivity index (χ0n) is 10.4. The quantitative estimate of drug-likeness (QED) is 0.740. The van der Waals surface area contributed by atoms with E-state index in [0.29, 0.717) is 18.4 Å². The second-order valence-corrected chi connectivity index (χ2v) is 4.13. The molecule has 102 valence electrons. The fourth-order valence-electron chi connectivity index (χ4n) is 1.57. The molecule has 0 saturated heterocycles. The lowest BCUT2D eigenvalue weighted by atomic mass is 10.1. The Morgan fingerprint density at radius 1 is 1.37 bits per heavy atom. The van der Waals surface area contributed by atoms with E-state index in [0.717, 1.165) is 0 Å². The van der Waals surface area contributed by atoms with Gasteiger partial charge in [0.2, 0.25) is 5.91 Å². The van der Waals surface area contributed by atoms with Gasteiger partial charge in [-0.1, -0.05) is 18.2 Å². The van der Waals surface area contributed by atoms with Crippen LogP contribution in [-0.2, 0) is 16.0 Å². The van der Waals surface area contributed by atoms with Gasteiger partial charge in [-0.15, -0.1) is 6.58 Å². The fourth-order valence-corrected chi connectivity index (χ4v) is 1.57. The van der Waals surface area contributed by atoms with Crippen molar-refractivity contribution < 1.29 is 19.1 Å². The Hall–Kier alpha value is -2.17. The van der Waals surface area contributed by atoms with Gasteiger partial charge < -0.3 is 10.4 Å². The molecule has 1 rings (SSSR count). The molecule has 1 amide bonds. The largest absolute Gasteiger partial charge is 0.480 e. The molecule has 0 fully saturated rings. The Labute approximate surface area is 110 Å². The van der Waals surface area contributed by atoms with E-state index >= 15 is 0 Å². The lowest BCUT2D eigenvalue weighted by Crippen LogP contribution is -2.41. The molecular weight excluding hydrogens is 249 g/mol. The minimum atomic E-state index is -1.07. The number of amides is 1. The van der Waals surface area contributed by atoms with Crippen molar-refractivity contribution >= 4 is 11.9 Å². The van der Waals surface area contributed by atoms with Crippen LogP contribution in [-0.4, -0.2) is 23.0 Å². The lowest BCUT2D eigenvalue weighted by molar-refractivity contribution is -0.141. The SMILES string of the molecule is C=CCC[C@@H](NC(=O)Cc1ccc(F)cc1)C(=O)O. The molecule has 4 nitrogen and oxygen atoms in total. The summed E-state index contributed by atoms with van der Waals surface area (Å²) in [5.41, 5.74) is 0.631. The molecule has 19 heavy (non-hydrogen) atoms. The third-order valence-corrected chi connectivity index (χ3v) is 2.57. The second-order valence-electron chi connectivity index (χ2n) is 4.13. The minimum Gasteiger partial charge on any atom is -0.480 e. The molecule has 1 atom stereocenters. The number of hydrogen-bond donors (Lipinski definition) is 2. The minimum absolute atomic E-state index is 0.0259. The van der Waals surface area contributed by atoms with Crippen LogP contribution in [0.3, 0.4) is 0 Å². The van der Waals surface area contributed by atoms with Crippen LogP contribution in [0, 0.1) is 5.82 Å². The van der Waals surface area contributed by atoms with Gasteiger partial charge in [0.05, 0.1) is 6.42 Å². The van der Waals surface area contributed by atoms with Crippen LogP contribution < -0.4 is 5.32 Å². The Kier molecular flexibility index (Phi) is 5.73. The number of nitrogens with one attached hydrogen (secondary N) is 1. The van der Waals surface area contributed by atoms with Crippen molar-refractivity contribution in [1.29, 1.82) is 0 Å². The maximum atomic E-state index is 12.7. The normalized spacial score (nSPS) is 11.6. The molecule has 0 aromatic heterocycles. The Bertz CT molecular complexity index is 456. The average molecular weight is 265 g/mol. The maximum Gasteiger partial charge on any atom is 0.326 e. The Morgan fingerprint density at radius 3 is 2.53 bits per heavy atom. The van der Waals surface area contributed by atoms with Crippen molar-refractivity contribution in [3.05, 3.63) is 48.3 Å². The number of halogens is 1. The third kappa shape index (κ3) is 5.33. The predicted molar refractivity (Wildman–Crippen MR) is 69.1 cm³/mol. The van der Waals surface area contributed by atoms with Crippen LogP contribution in [0.2, 0.25) is 0 Å². The van der Waals surface area contributed by atoms with Gasteiger partial charge in [-0.25, -0.2) is 9.18 Å². The maximum absolute atomic E-state index is 12.7. The van der Waals surface area contributed by atoms with Crippen LogP contribution in [0.1, 0.15) is 18.4 Å². The summed E-state index contributed by atoms with van der Waals surface area (Å²) in [5, 5.41) is 11.4. The Balaban J connectivity index is 2.54. The second kappa shape index (κ2) is 7.31. The van der Waals surface area contributed by atoms with Gasteiger partial charge in [-0.3, -0.25) is 4.79 Å². The van der Waals surface area contributed by atoms with Gasteiger partial charge in [-0.2, -0.15) is 0 Å². The van der Waals surface area contributed by atoms with E-state index in [1.807, 2.05) is 0 Å². The highest BCUT2D eigenvalue weighted by molar-refractivity contribution is 5.84. The number of benzene rings is 1. The highest BCUT2D eigenvalue weighted by Gasteiger charge is 2.18. The van der Waals surface area contributed by atoms with Crippen LogP contribution in [0.4, 0.5) is 4.39 Å². The smallest absolute Gasteiger partial charge is 0.326 e. The summed E-state index contributed by atoms with van der Waals surface area (Å²) < 4.78 is 12.7. The first-order valence-corrected chi connectivity index (χ1v) is 5.90. The van der Waals surface area contributed by atoms with Gasteiger partial charge in [0.25, 0.3) is 0 Å². The van der Waals surface area contributed by atoms with Gasteiger partial charge in [-0.05, 0) is 30.5 Å². The summed E-state index contributed by atoms with van der Waals surface area (Å²) >= 11 is 0. The summed E-state index contributed by atoms with van der Waals surface area (Å²) in [6.45, 7) is 3.51. The fraction of sp³-hybridized carbons (Fsp3) is 0.286. The molecule has 0 aliphatic carbocycles. The standard InChI is InChI=1S/C14H16FNO3/c1-2-3-4-12(14(18)19)16-13(17)9-10-5-7-11(15)8-6-10/h2,5-8,12H,1,3-4,9H2,(H,16,17)(H,18,19)/t12-/m1/s1. The van der Waals surface area contributed by atoms with E-state index in [4.69, 9.17) is 5.11 Å². The number of hydrogen-bond acceptors (Lipinski definition) is 2. The molecule has 0 aliphatic heterocycles. The third-order valence-electron chi connectivity index (χ3n) is 2.57. The van der Waals surface area contributed by atoms with E-state index in [1.54, 1.807) is 6.08 Å². The van der Waals surface area contributed by atoms with Gasteiger partial charge >= 0.3 is 5.97 Å². The molecule has 0 saturated carbocycles. The molecule has 1 aromatic carbocycles. The molecule has 2 N–H and O–H groups in total. The topological polar surface area (TPSA) is 66.4 Å². The van der Waals surface area contributed by atoms with Crippen molar-refractivity contribution in [2.24, 2.45) is 0 Å². The monoisotopic (exact) mass is 265 g/mol. The number of carbonyl (C=O) groups is 2. The number of rotatable bonds is 7. The number of aliphatic carboxylic acids is 1. The van der Waals surface area contributed by atoms with Crippen LogP contribution in [0.15, 0.2) is 36.9 Å². The first-order chi connectivity index (χ1) is 9.02. The number of allylic oxidation sites excluding steroid dienone is 1. The molecule has 0 spiro atoms. The summed E-state index contributed by atoms with van der Waals surface area (Å²) in [5.74, 6) is -1.85. The number of carbonyl (C=O) groups excluding carboxylic acids is 1. The van der Waals surface area contributed by atoms with E-state index in [1.165, 1.54) is 24.3 Å². The summed E-state index contributed by atoms with van der Waals surface area (Å²) in [7, 11) is 0. The summed E-state index contributed by atoms with van der Waals surface area (Å²) in [6, 6.07) is 4.58. The molecule has 0 bridgehead atoms. The molecule has 5 heteroatoms. The molecule has 1 aromatic rings. The number of carboxylic acids is 1. The van der Waals surface area contributed by atoms with Crippen molar-refractivity contribution in [3.63, 3.8) is 0 Å². The first kappa shape index (κ1) is 14.9. The van der Waals surface area contributed by atoms with Crippen molar-refractivity contribution in [2.45, 2.75) is 25.3 Å². The molecule has 0 unspecified atom stereocenters. The summed E-state index contributed by atoms with van der Waals surface area (Å²) in [6.07, 6.45) is 2.43. The van der Waals surface area contributed by atoms with Gasteiger partial charge in [0, 0.05) is 0 Å². The van der Waals surface area contributed by atoms with Crippen LogP contribution in [0.25, 0.3) is 0 Å². The highest BCUT2D eigenvalue weighted by Crippen LogP contribution is 2.04. The molecule has 0 radical (unpaired) electrons. The molecule has 0 heterocycles. The van der Waals surface area contributed by atoms with Crippen LogP contribution >= 0.6 is 0 Å². The van der Waals surface area contributed by atoms with Crippen molar-refractivity contribution in [1.82, 2.24) is 5.32 Å². The van der Waals surface area contributed by atoms with Crippen LogP contribution in [0.5, 0.6) is 0 Å².